The lowest BCUT2D eigenvalue weighted by Crippen LogP contribution is -2.49. The number of benzene rings is 2. The summed E-state index contributed by atoms with van der Waals surface area (Å²) in [6.07, 6.45) is 0.594. The zero-order valence-corrected chi connectivity index (χ0v) is 22.4. The molecule has 1 aliphatic heterocycles. The largest absolute Gasteiger partial charge is 0.310 e. The zero-order chi connectivity index (χ0) is 25.9. The van der Waals surface area contributed by atoms with Gasteiger partial charge in [-0.3, -0.25) is 14.9 Å². The van der Waals surface area contributed by atoms with Gasteiger partial charge in [0.2, 0.25) is 11.8 Å². The van der Waals surface area contributed by atoms with Gasteiger partial charge in [-0.05, 0) is 46.7 Å². The van der Waals surface area contributed by atoms with Crippen molar-refractivity contribution in [2.45, 2.75) is 43.0 Å². The maximum absolute atomic E-state index is 13.8. The highest BCUT2D eigenvalue weighted by atomic mass is 35.5. The van der Waals surface area contributed by atoms with Crippen LogP contribution in [0.4, 0.5) is 5.69 Å². The Morgan fingerprint density at radius 3 is 2.58 bits per heavy atom. The number of nitrogens with one attached hydrogen (secondary N) is 2. The molecule has 3 atom stereocenters. The molecule has 3 aromatic rings. The van der Waals surface area contributed by atoms with Gasteiger partial charge in [-0.1, -0.05) is 68.3 Å². The van der Waals surface area contributed by atoms with E-state index in [1.807, 2.05) is 50.2 Å². The number of anilines is 1. The number of sulfonamides is 1. The highest BCUT2D eigenvalue weighted by Crippen LogP contribution is 2.37. The lowest BCUT2D eigenvalue weighted by molar-refractivity contribution is -0.122. The number of hydrogen-bond donors (Lipinski definition) is 2. The van der Waals surface area contributed by atoms with Crippen LogP contribution >= 0.6 is 22.9 Å². The van der Waals surface area contributed by atoms with Gasteiger partial charge in [0, 0.05) is 23.7 Å². The molecule has 2 aromatic carbocycles. The van der Waals surface area contributed by atoms with Gasteiger partial charge in [-0.2, -0.15) is 0 Å². The number of carbonyl (C=O) groups is 2. The van der Waals surface area contributed by atoms with Crippen molar-refractivity contribution in [3.63, 3.8) is 0 Å². The van der Waals surface area contributed by atoms with E-state index in [1.54, 1.807) is 28.5 Å². The lowest BCUT2D eigenvalue weighted by atomic mass is 9.94. The molecule has 36 heavy (non-hydrogen) atoms. The van der Waals surface area contributed by atoms with Crippen LogP contribution in [0.25, 0.3) is 0 Å². The third-order valence-electron chi connectivity index (χ3n) is 6.39. The quantitative estimate of drug-likeness (QED) is 0.426. The van der Waals surface area contributed by atoms with E-state index in [-0.39, 0.29) is 35.0 Å². The van der Waals surface area contributed by atoms with E-state index in [2.05, 4.69) is 10.0 Å². The van der Waals surface area contributed by atoms with Gasteiger partial charge in [-0.15, -0.1) is 11.3 Å². The van der Waals surface area contributed by atoms with Crippen LogP contribution < -0.4 is 14.9 Å². The Labute approximate surface area is 220 Å². The number of amides is 2. The van der Waals surface area contributed by atoms with Crippen LogP contribution in [0.2, 0.25) is 5.02 Å². The summed E-state index contributed by atoms with van der Waals surface area (Å²) in [6, 6.07) is 17.4. The van der Waals surface area contributed by atoms with Crippen molar-refractivity contribution in [2.75, 3.05) is 11.4 Å². The molecule has 0 saturated carbocycles. The molecule has 0 spiro atoms. The van der Waals surface area contributed by atoms with E-state index in [1.165, 1.54) is 6.07 Å². The number of rotatable bonds is 8. The van der Waals surface area contributed by atoms with E-state index < -0.39 is 22.0 Å². The van der Waals surface area contributed by atoms with Crippen LogP contribution in [-0.2, 0) is 19.6 Å². The second kappa shape index (κ2) is 11.1. The SMILES string of the molecule is CC[C@H](C)[C@H]1NC(c2ccccc2)c2cc(Cl)ccc2N(CCC(=O)NS(=O)(=O)c2cccs2)C1=O. The normalized spacial score (nSPS) is 18.9. The minimum absolute atomic E-state index is 0.0176. The smallest absolute Gasteiger partial charge is 0.273 e. The zero-order valence-electron chi connectivity index (χ0n) is 20.0. The van der Waals surface area contributed by atoms with Gasteiger partial charge in [0.25, 0.3) is 10.0 Å². The lowest BCUT2D eigenvalue weighted by Gasteiger charge is -2.28. The van der Waals surface area contributed by atoms with E-state index in [9.17, 15) is 18.0 Å². The van der Waals surface area contributed by atoms with Crippen LogP contribution in [0.1, 0.15) is 43.9 Å². The van der Waals surface area contributed by atoms with Gasteiger partial charge in [0.1, 0.15) is 4.21 Å². The fourth-order valence-electron chi connectivity index (χ4n) is 4.31. The predicted molar refractivity (Wildman–Crippen MR) is 143 cm³/mol. The highest BCUT2D eigenvalue weighted by molar-refractivity contribution is 7.92. The summed E-state index contributed by atoms with van der Waals surface area (Å²) >= 11 is 7.41. The molecule has 1 unspecified atom stereocenters. The number of hydrogen-bond acceptors (Lipinski definition) is 6. The van der Waals surface area contributed by atoms with Gasteiger partial charge in [0.05, 0.1) is 12.1 Å². The number of fused-ring (bicyclic) bond motifs is 1. The van der Waals surface area contributed by atoms with Gasteiger partial charge in [-0.25, -0.2) is 13.1 Å². The Morgan fingerprint density at radius 1 is 1.17 bits per heavy atom. The second-order valence-electron chi connectivity index (χ2n) is 8.78. The number of halogens is 1. The molecular weight excluding hydrogens is 518 g/mol. The third-order valence-corrected chi connectivity index (χ3v) is 9.39. The number of carbonyl (C=O) groups excluding carboxylic acids is 2. The van der Waals surface area contributed by atoms with Crippen molar-refractivity contribution >= 4 is 50.5 Å². The molecule has 0 fully saturated rings. The van der Waals surface area contributed by atoms with Crippen molar-refractivity contribution in [2.24, 2.45) is 5.92 Å². The fourth-order valence-corrected chi connectivity index (χ4v) is 6.49. The molecule has 0 saturated heterocycles. The predicted octanol–water partition coefficient (Wildman–Crippen LogP) is 4.74. The molecule has 7 nitrogen and oxygen atoms in total. The third kappa shape index (κ3) is 5.64. The fraction of sp³-hybridized carbons (Fsp3) is 0.308. The standard InChI is InChI=1S/C26H28ClN3O4S2/c1-3-17(2)24-26(32)30(14-13-22(31)29-36(33,34)23-10-7-15-35-23)21-12-11-19(27)16-20(21)25(28-24)18-8-5-4-6-9-18/h4-12,15-17,24-25,28H,3,13-14H2,1-2H3,(H,29,31)/t17-,24+,25?/m0/s1. The molecule has 10 heteroatoms. The molecule has 0 radical (unpaired) electrons. The monoisotopic (exact) mass is 545 g/mol. The molecule has 4 rings (SSSR count). The summed E-state index contributed by atoms with van der Waals surface area (Å²) in [5, 5.41) is 5.71. The van der Waals surface area contributed by atoms with Crippen LogP contribution in [0.15, 0.2) is 70.3 Å². The number of nitrogens with zero attached hydrogens (tertiary/aromatic N) is 1. The maximum atomic E-state index is 13.8. The first-order chi connectivity index (χ1) is 17.2. The average Bonchev–Trinajstić information content (AvgIpc) is 3.38. The Kier molecular flexibility index (Phi) is 8.14. The molecule has 0 bridgehead atoms. The minimum atomic E-state index is -3.94. The molecule has 2 heterocycles. The maximum Gasteiger partial charge on any atom is 0.273 e. The van der Waals surface area contributed by atoms with Crippen molar-refractivity contribution in [1.82, 2.24) is 10.0 Å². The van der Waals surface area contributed by atoms with E-state index in [4.69, 9.17) is 11.6 Å². The Morgan fingerprint density at radius 2 is 1.92 bits per heavy atom. The summed E-state index contributed by atoms with van der Waals surface area (Å²) in [5.41, 5.74) is 2.45. The first-order valence-corrected chi connectivity index (χ1v) is 14.5. The Bertz CT molecular complexity index is 1330. The van der Waals surface area contributed by atoms with Crippen LogP contribution in [-0.4, -0.2) is 32.8 Å². The summed E-state index contributed by atoms with van der Waals surface area (Å²) in [5.74, 6) is -0.826. The topological polar surface area (TPSA) is 95.6 Å². The molecule has 190 valence electrons. The van der Waals surface area contributed by atoms with Gasteiger partial charge in [0.15, 0.2) is 0 Å². The Hall–Kier alpha value is -2.72. The minimum Gasteiger partial charge on any atom is -0.310 e. The summed E-state index contributed by atoms with van der Waals surface area (Å²) in [6.45, 7) is 4.06. The molecule has 2 N–H and O–H groups in total. The van der Waals surface area contributed by atoms with Crippen molar-refractivity contribution in [1.29, 1.82) is 0 Å². The van der Waals surface area contributed by atoms with Crippen LogP contribution in [0, 0.1) is 5.92 Å². The van der Waals surface area contributed by atoms with Crippen molar-refractivity contribution < 1.29 is 18.0 Å². The summed E-state index contributed by atoms with van der Waals surface area (Å²) in [4.78, 5) is 28.1. The summed E-state index contributed by atoms with van der Waals surface area (Å²) < 4.78 is 27.1. The average molecular weight is 546 g/mol. The molecular formula is C26H28ClN3O4S2. The second-order valence-corrected chi connectivity index (χ2v) is 12.1. The Balaban J connectivity index is 1.67. The first kappa shape index (κ1) is 26.3. The molecule has 0 aliphatic carbocycles. The molecule has 1 aromatic heterocycles. The van der Waals surface area contributed by atoms with E-state index >= 15 is 0 Å². The molecule has 1 aliphatic rings. The summed E-state index contributed by atoms with van der Waals surface area (Å²) in [7, 11) is -3.94. The van der Waals surface area contributed by atoms with Gasteiger partial charge >= 0.3 is 0 Å². The first-order valence-electron chi connectivity index (χ1n) is 11.7. The number of thiophene rings is 1. The van der Waals surface area contributed by atoms with Crippen LogP contribution in [0.3, 0.4) is 0 Å². The molecule has 2 amide bonds. The van der Waals surface area contributed by atoms with Crippen molar-refractivity contribution in [3.8, 4) is 0 Å². The highest BCUT2D eigenvalue weighted by Gasteiger charge is 2.37. The van der Waals surface area contributed by atoms with Crippen LogP contribution in [0.5, 0.6) is 0 Å². The van der Waals surface area contributed by atoms with Crippen molar-refractivity contribution in [3.05, 3.63) is 82.2 Å². The van der Waals surface area contributed by atoms with E-state index in [0.717, 1.165) is 28.9 Å². The van der Waals surface area contributed by atoms with E-state index in [0.29, 0.717) is 10.7 Å². The van der Waals surface area contributed by atoms with Gasteiger partial charge < -0.3 is 4.90 Å².